The van der Waals surface area contributed by atoms with Crippen LogP contribution in [0.5, 0.6) is 0 Å². The van der Waals surface area contributed by atoms with Crippen LogP contribution in [0.25, 0.3) is 0 Å². The van der Waals surface area contributed by atoms with Crippen molar-refractivity contribution in [2.24, 2.45) is 0 Å². The Morgan fingerprint density at radius 2 is 1.62 bits per heavy atom. The lowest BCUT2D eigenvalue weighted by Crippen LogP contribution is -2.02. The lowest BCUT2D eigenvalue weighted by Gasteiger charge is -2.14. The first-order valence-electron chi connectivity index (χ1n) is 6.18. The molecule has 0 fully saturated rings. The van der Waals surface area contributed by atoms with Crippen LogP contribution in [0.4, 0.5) is 0 Å². The fourth-order valence-corrected chi connectivity index (χ4v) is 2.20. The molecule has 0 unspecified atom stereocenters. The van der Waals surface area contributed by atoms with E-state index < -0.39 is 0 Å². The van der Waals surface area contributed by atoms with E-state index in [0.717, 1.165) is 0 Å². The molecule has 2 aromatic heterocycles. The molecular weight excluding hydrogens is 196 g/mol. The van der Waals surface area contributed by atoms with Gasteiger partial charge in [-0.25, -0.2) is 0 Å². The molecule has 0 aromatic carbocycles. The van der Waals surface area contributed by atoms with Gasteiger partial charge in [0.05, 0.1) is 0 Å². The van der Waals surface area contributed by atoms with Crippen LogP contribution >= 0.6 is 0 Å². The number of nitrogens with one attached hydrogen (secondary N) is 2. The molecular formula is C14H20N2. The van der Waals surface area contributed by atoms with Gasteiger partial charge in [-0.05, 0) is 30.7 Å². The first kappa shape index (κ1) is 11.1. The summed E-state index contributed by atoms with van der Waals surface area (Å²) in [6, 6.07) is 8.51. The molecule has 2 heteroatoms. The summed E-state index contributed by atoms with van der Waals surface area (Å²) in [6.07, 6.45) is 9.12. The molecule has 86 valence electrons. The highest BCUT2D eigenvalue weighted by Gasteiger charge is 2.14. The van der Waals surface area contributed by atoms with Gasteiger partial charge in [-0.1, -0.05) is 26.2 Å². The van der Waals surface area contributed by atoms with Crippen molar-refractivity contribution in [3.8, 4) is 0 Å². The van der Waals surface area contributed by atoms with Crippen molar-refractivity contribution < 1.29 is 0 Å². The minimum absolute atomic E-state index is 0.497. The van der Waals surface area contributed by atoms with Crippen molar-refractivity contribution in [1.29, 1.82) is 0 Å². The third-order valence-electron chi connectivity index (χ3n) is 3.09. The molecule has 2 rings (SSSR count). The molecule has 0 atom stereocenters. The minimum Gasteiger partial charge on any atom is -0.364 e. The Hall–Kier alpha value is -1.44. The van der Waals surface area contributed by atoms with Gasteiger partial charge < -0.3 is 9.97 Å². The number of hydrogen-bond donors (Lipinski definition) is 2. The molecule has 0 amide bonds. The third kappa shape index (κ3) is 2.57. The molecule has 0 aliphatic carbocycles. The fraction of sp³-hybridized carbons (Fsp3) is 0.429. The molecule has 0 bridgehead atoms. The van der Waals surface area contributed by atoms with E-state index >= 15 is 0 Å². The zero-order chi connectivity index (χ0) is 11.2. The van der Waals surface area contributed by atoms with Crippen LogP contribution in [0.15, 0.2) is 36.7 Å². The molecule has 0 aliphatic heterocycles. The molecule has 0 saturated carbocycles. The molecule has 0 saturated heterocycles. The SMILES string of the molecule is CCCCCC(c1ccc[nH]1)c1ccc[nH]1. The van der Waals surface area contributed by atoms with Gasteiger partial charge >= 0.3 is 0 Å². The Kier molecular flexibility index (Phi) is 3.86. The second-order valence-electron chi connectivity index (χ2n) is 4.30. The molecule has 0 spiro atoms. The van der Waals surface area contributed by atoms with Crippen molar-refractivity contribution in [2.45, 2.75) is 38.5 Å². The van der Waals surface area contributed by atoms with Gasteiger partial charge in [0.2, 0.25) is 0 Å². The maximum atomic E-state index is 3.33. The summed E-state index contributed by atoms with van der Waals surface area (Å²) in [6.45, 7) is 2.25. The van der Waals surface area contributed by atoms with Crippen molar-refractivity contribution in [1.82, 2.24) is 9.97 Å². The molecule has 16 heavy (non-hydrogen) atoms. The Morgan fingerprint density at radius 3 is 2.06 bits per heavy atom. The lowest BCUT2D eigenvalue weighted by atomic mass is 9.95. The quantitative estimate of drug-likeness (QED) is 0.683. The number of H-pyrrole nitrogens is 2. The van der Waals surface area contributed by atoms with Gasteiger partial charge in [-0.15, -0.1) is 0 Å². The summed E-state index contributed by atoms with van der Waals surface area (Å²) in [7, 11) is 0. The van der Waals surface area contributed by atoms with Crippen LogP contribution in [0, 0.1) is 0 Å². The maximum absolute atomic E-state index is 3.33. The van der Waals surface area contributed by atoms with Gasteiger partial charge in [0.25, 0.3) is 0 Å². The second kappa shape index (κ2) is 5.59. The van der Waals surface area contributed by atoms with Crippen LogP contribution in [-0.2, 0) is 0 Å². The van der Waals surface area contributed by atoms with E-state index in [0.29, 0.717) is 5.92 Å². The van der Waals surface area contributed by atoms with Crippen molar-refractivity contribution in [3.05, 3.63) is 48.0 Å². The highest BCUT2D eigenvalue weighted by atomic mass is 14.7. The average Bonchev–Trinajstić information content (AvgIpc) is 2.97. The number of unbranched alkanes of at least 4 members (excludes halogenated alkanes) is 2. The summed E-state index contributed by atoms with van der Waals surface area (Å²) in [5.41, 5.74) is 2.64. The highest BCUT2D eigenvalue weighted by Crippen LogP contribution is 2.27. The Bertz CT molecular complexity index is 339. The smallest absolute Gasteiger partial charge is 0.0391 e. The summed E-state index contributed by atoms with van der Waals surface area (Å²) < 4.78 is 0. The predicted octanol–water partition coefficient (Wildman–Crippen LogP) is 4.06. The van der Waals surface area contributed by atoms with Crippen LogP contribution in [0.3, 0.4) is 0 Å². The van der Waals surface area contributed by atoms with Crippen molar-refractivity contribution in [2.75, 3.05) is 0 Å². The zero-order valence-corrected chi connectivity index (χ0v) is 9.87. The van der Waals surface area contributed by atoms with E-state index in [2.05, 4.69) is 41.2 Å². The standard InChI is InChI=1S/C14H20N2/c1-2-3-4-7-12(13-8-5-10-15-13)14-9-6-11-16-14/h5-6,8-12,15-16H,2-4,7H2,1H3. The lowest BCUT2D eigenvalue weighted by molar-refractivity contribution is 0.604. The fourth-order valence-electron chi connectivity index (χ4n) is 2.20. The van der Waals surface area contributed by atoms with Crippen LogP contribution in [0.1, 0.15) is 49.9 Å². The van der Waals surface area contributed by atoms with Crippen molar-refractivity contribution in [3.63, 3.8) is 0 Å². The zero-order valence-electron chi connectivity index (χ0n) is 9.87. The van der Waals surface area contributed by atoms with E-state index in [9.17, 15) is 0 Å². The first-order chi connectivity index (χ1) is 7.92. The van der Waals surface area contributed by atoms with Crippen LogP contribution in [0.2, 0.25) is 0 Å². The Morgan fingerprint density at radius 1 is 1.00 bits per heavy atom. The minimum atomic E-state index is 0.497. The Labute approximate surface area is 97.1 Å². The third-order valence-corrected chi connectivity index (χ3v) is 3.09. The van der Waals surface area contributed by atoms with E-state index in [4.69, 9.17) is 0 Å². The predicted molar refractivity (Wildman–Crippen MR) is 67.6 cm³/mol. The Balaban J connectivity index is 2.08. The highest BCUT2D eigenvalue weighted by molar-refractivity contribution is 5.23. The van der Waals surface area contributed by atoms with E-state index in [1.54, 1.807) is 0 Å². The normalized spacial score (nSPS) is 11.1. The average molecular weight is 216 g/mol. The molecule has 0 aliphatic rings. The van der Waals surface area contributed by atoms with Crippen molar-refractivity contribution >= 4 is 0 Å². The van der Waals surface area contributed by atoms with Gasteiger partial charge in [-0.2, -0.15) is 0 Å². The summed E-state index contributed by atoms with van der Waals surface area (Å²) in [5, 5.41) is 0. The molecule has 2 N–H and O–H groups in total. The first-order valence-corrected chi connectivity index (χ1v) is 6.18. The number of aromatic nitrogens is 2. The number of rotatable bonds is 6. The van der Waals surface area contributed by atoms with Gasteiger partial charge in [0.15, 0.2) is 0 Å². The summed E-state index contributed by atoms with van der Waals surface area (Å²) in [4.78, 5) is 6.66. The van der Waals surface area contributed by atoms with Gasteiger partial charge in [0.1, 0.15) is 0 Å². The number of hydrogen-bond acceptors (Lipinski definition) is 0. The van der Waals surface area contributed by atoms with Gasteiger partial charge in [0, 0.05) is 29.7 Å². The monoisotopic (exact) mass is 216 g/mol. The number of aromatic amines is 2. The molecule has 2 nitrogen and oxygen atoms in total. The van der Waals surface area contributed by atoms with E-state index in [-0.39, 0.29) is 0 Å². The van der Waals surface area contributed by atoms with E-state index in [1.807, 2.05) is 12.4 Å². The van der Waals surface area contributed by atoms with Crippen LogP contribution in [-0.4, -0.2) is 9.97 Å². The molecule has 2 aromatic rings. The van der Waals surface area contributed by atoms with Crippen LogP contribution < -0.4 is 0 Å². The summed E-state index contributed by atoms with van der Waals surface area (Å²) in [5.74, 6) is 0.497. The molecule has 0 radical (unpaired) electrons. The maximum Gasteiger partial charge on any atom is 0.0391 e. The second-order valence-corrected chi connectivity index (χ2v) is 4.30. The largest absolute Gasteiger partial charge is 0.364 e. The molecule has 2 heterocycles. The van der Waals surface area contributed by atoms with Gasteiger partial charge in [-0.3, -0.25) is 0 Å². The summed E-state index contributed by atoms with van der Waals surface area (Å²) >= 11 is 0. The van der Waals surface area contributed by atoms with E-state index in [1.165, 1.54) is 37.1 Å². The topological polar surface area (TPSA) is 31.6 Å².